The SMILES string of the molecule is Cc1nn(Cc2ccc(OC(F)(F)F)cc2)cc1C(=O)O. The minimum absolute atomic E-state index is 0.0898. The Balaban J connectivity index is 2.10. The number of nitrogens with zero attached hydrogens (tertiary/aromatic N) is 2. The van der Waals surface area contributed by atoms with Gasteiger partial charge in [-0.2, -0.15) is 5.10 Å². The molecule has 0 fully saturated rings. The summed E-state index contributed by atoms with van der Waals surface area (Å²) < 4.78 is 41.2. The van der Waals surface area contributed by atoms with Crippen LogP contribution in [0, 0.1) is 6.92 Å². The van der Waals surface area contributed by atoms with E-state index >= 15 is 0 Å². The normalized spacial score (nSPS) is 11.4. The van der Waals surface area contributed by atoms with Gasteiger partial charge in [0.15, 0.2) is 0 Å². The van der Waals surface area contributed by atoms with Crippen LogP contribution >= 0.6 is 0 Å². The second-order valence-electron chi connectivity index (χ2n) is 4.32. The smallest absolute Gasteiger partial charge is 0.478 e. The summed E-state index contributed by atoms with van der Waals surface area (Å²) in [5, 5.41) is 12.9. The summed E-state index contributed by atoms with van der Waals surface area (Å²) in [5.74, 6) is -1.39. The number of carboxylic acid groups (broad SMARTS) is 1. The van der Waals surface area contributed by atoms with E-state index in [1.165, 1.54) is 35.1 Å². The standard InChI is InChI=1S/C13H11F3N2O3/c1-8-11(12(19)20)7-18(17-8)6-9-2-4-10(5-3-9)21-13(14,15)16/h2-5,7H,6H2,1H3,(H,19,20). The van der Waals surface area contributed by atoms with Crippen molar-refractivity contribution in [2.45, 2.75) is 19.8 Å². The number of aryl methyl sites for hydroxylation is 1. The number of aromatic carboxylic acids is 1. The van der Waals surface area contributed by atoms with Gasteiger partial charge in [0.1, 0.15) is 11.3 Å². The fraction of sp³-hybridized carbons (Fsp3) is 0.231. The van der Waals surface area contributed by atoms with Crippen LogP contribution in [0.15, 0.2) is 30.5 Å². The number of alkyl halides is 3. The zero-order chi connectivity index (χ0) is 15.6. The maximum absolute atomic E-state index is 12.0. The summed E-state index contributed by atoms with van der Waals surface area (Å²) in [4.78, 5) is 10.9. The molecule has 0 bridgehead atoms. The first-order chi connectivity index (χ1) is 9.74. The van der Waals surface area contributed by atoms with E-state index in [4.69, 9.17) is 5.11 Å². The maximum Gasteiger partial charge on any atom is 0.573 e. The first kappa shape index (κ1) is 14.9. The molecule has 1 aromatic carbocycles. The lowest BCUT2D eigenvalue weighted by molar-refractivity contribution is -0.274. The lowest BCUT2D eigenvalue weighted by atomic mass is 10.2. The van der Waals surface area contributed by atoms with Gasteiger partial charge < -0.3 is 9.84 Å². The Kier molecular flexibility index (Phi) is 3.88. The van der Waals surface area contributed by atoms with Crippen molar-refractivity contribution in [3.8, 4) is 5.75 Å². The number of aromatic nitrogens is 2. The van der Waals surface area contributed by atoms with Crippen molar-refractivity contribution < 1.29 is 27.8 Å². The van der Waals surface area contributed by atoms with E-state index < -0.39 is 12.3 Å². The highest BCUT2D eigenvalue weighted by molar-refractivity contribution is 5.88. The summed E-state index contributed by atoms with van der Waals surface area (Å²) >= 11 is 0. The van der Waals surface area contributed by atoms with E-state index in [9.17, 15) is 18.0 Å². The molecule has 0 saturated heterocycles. The molecule has 0 aliphatic rings. The van der Waals surface area contributed by atoms with Gasteiger partial charge >= 0.3 is 12.3 Å². The van der Waals surface area contributed by atoms with Crippen molar-refractivity contribution in [3.63, 3.8) is 0 Å². The van der Waals surface area contributed by atoms with E-state index in [0.717, 1.165) is 0 Å². The summed E-state index contributed by atoms with van der Waals surface area (Å²) in [7, 11) is 0. The molecule has 0 saturated carbocycles. The largest absolute Gasteiger partial charge is 0.573 e. The Morgan fingerprint density at radius 1 is 1.33 bits per heavy atom. The van der Waals surface area contributed by atoms with E-state index in [2.05, 4.69) is 9.84 Å². The van der Waals surface area contributed by atoms with Gasteiger partial charge in [0, 0.05) is 6.20 Å². The topological polar surface area (TPSA) is 64.4 Å². The Labute approximate surface area is 117 Å². The van der Waals surface area contributed by atoms with Crippen molar-refractivity contribution in [2.24, 2.45) is 0 Å². The highest BCUT2D eigenvalue weighted by Gasteiger charge is 2.30. The number of ether oxygens (including phenoxy) is 1. The molecule has 0 amide bonds. The lowest BCUT2D eigenvalue weighted by Crippen LogP contribution is -2.17. The number of rotatable bonds is 4. The van der Waals surface area contributed by atoms with Crippen LogP contribution in [-0.4, -0.2) is 27.2 Å². The second kappa shape index (κ2) is 5.47. The molecule has 2 aromatic rings. The molecule has 112 valence electrons. The van der Waals surface area contributed by atoms with Crippen molar-refractivity contribution in [1.29, 1.82) is 0 Å². The summed E-state index contributed by atoms with van der Waals surface area (Å²) in [5.41, 5.74) is 1.13. The van der Waals surface area contributed by atoms with Gasteiger partial charge in [-0.15, -0.1) is 13.2 Å². The molecule has 0 atom stereocenters. The van der Waals surface area contributed by atoms with Crippen LogP contribution in [0.1, 0.15) is 21.6 Å². The number of hydrogen-bond donors (Lipinski definition) is 1. The third kappa shape index (κ3) is 3.98. The zero-order valence-corrected chi connectivity index (χ0v) is 10.9. The van der Waals surface area contributed by atoms with Crippen LogP contribution in [0.4, 0.5) is 13.2 Å². The third-order valence-corrected chi connectivity index (χ3v) is 2.68. The quantitative estimate of drug-likeness (QED) is 0.943. The molecular formula is C13H11F3N2O3. The second-order valence-corrected chi connectivity index (χ2v) is 4.32. The fourth-order valence-electron chi connectivity index (χ4n) is 1.79. The van der Waals surface area contributed by atoms with Gasteiger partial charge in [-0.05, 0) is 24.6 Å². The van der Waals surface area contributed by atoms with Crippen LogP contribution < -0.4 is 4.74 Å². The lowest BCUT2D eigenvalue weighted by Gasteiger charge is -2.09. The Morgan fingerprint density at radius 2 is 1.95 bits per heavy atom. The van der Waals surface area contributed by atoms with Crippen LogP contribution in [0.25, 0.3) is 0 Å². The first-order valence-corrected chi connectivity index (χ1v) is 5.86. The van der Waals surface area contributed by atoms with Crippen molar-refractivity contribution in [1.82, 2.24) is 9.78 Å². The van der Waals surface area contributed by atoms with E-state index in [-0.39, 0.29) is 17.9 Å². The third-order valence-electron chi connectivity index (χ3n) is 2.68. The maximum atomic E-state index is 12.0. The predicted octanol–water partition coefficient (Wildman–Crippen LogP) is 2.84. The molecule has 0 aliphatic heterocycles. The monoisotopic (exact) mass is 300 g/mol. The average molecular weight is 300 g/mol. The van der Waals surface area contributed by atoms with Crippen molar-refractivity contribution >= 4 is 5.97 Å². The van der Waals surface area contributed by atoms with Crippen LogP contribution in [0.2, 0.25) is 0 Å². The molecule has 1 N–H and O–H groups in total. The molecule has 0 radical (unpaired) electrons. The summed E-state index contributed by atoms with van der Waals surface area (Å²) in [6.07, 6.45) is -3.35. The van der Waals surface area contributed by atoms with E-state index in [1.807, 2.05) is 0 Å². The molecule has 0 aliphatic carbocycles. The minimum atomic E-state index is -4.73. The average Bonchev–Trinajstić information content (AvgIpc) is 2.71. The summed E-state index contributed by atoms with van der Waals surface area (Å²) in [6, 6.07) is 5.30. The zero-order valence-electron chi connectivity index (χ0n) is 10.9. The van der Waals surface area contributed by atoms with E-state index in [0.29, 0.717) is 11.3 Å². The molecule has 1 heterocycles. The number of halogens is 3. The molecular weight excluding hydrogens is 289 g/mol. The molecule has 2 rings (SSSR count). The van der Waals surface area contributed by atoms with Crippen molar-refractivity contribution in [2.75, 3.05) is 0 Å². The number of carbonyl (C=O) groups is 1. The Morgan fingerprint density at radius 3 is 2.43 bits per heavy atom. The molecule has 1 aromatic heterocycles. The van der Waals surface area contributed by atoms with Crippen molar-refractivity contribution in [3.05, 3.63) is 47.3 Å². The summed E-state index contributed by atoms with van der Waals surface area (Å²) in [6.45, 7) is 1.82. The van der Waals surface area contributed by atoms with Gasteiger partial charge in [0.25, 0.3) is 0 Å². The number of benzene rings is 1. The van der Waals surface area contributed by atoms with Gasteiger partial charge in [-0.3, -0.25) is 4.68 Å². The molecule has 21 heavy (non-hydrogen) atoms. The van der Waals surface area contributed by atoms with Crippen LogP contribution in [0.3, 0.4) is 0 Å². The minimum Gasteiger partial charge on any atom is -0.478 e. The fourth-order valence-corrected chi connectivity index (χ4v) is 1.79. The predicted molar refractivity (Wildman–Crippen MR) is 66.2 cm³/mol. The highest BCUT2D eigenvalue weighted by Crippen LogP contribution is 2.23. The van der Waals surface area contributed by atoms with Crippen LogP contribution in [-0.2, 0) is 6.54 Å². The molecule has 5 nitrogen and oxygen atoms in total. The Hall–Kier alpha value is -2.51. The highest BCUT2D eigenvalue weighted by atomic mass is 19.4. The molecule has 0 spiro atoms. The number of hydrogen-bond acceptors (Lipinski definition) is 3. The van der Waals surface area contributed by atoms with Gasteiger partial charge in [-0.25, -0.2) is 4.79 Å². The van der Waals surface area contributed by atoms with Gasteiger partial charge in [-0.1, -0.05) is 12.1 Å². The number of carboxylic acids is 1. The van der Waals surface area contributed by atoms with Gasteiger partial charge in [0.05, 0.1) is 12.2 Å². The Bertz CT molecular complexity index is 648. The molecule has 8 heteroatoms. The first-order valence-electron chi connectivity index (χ1n) is 5.86. The van der Waals surface area contributed by atoms with Gasteiger partial charge in [0.2, 0.25) is 0 Å². The molecule has 0 unspecified atom stereocenters. The van der Waals surface area contributed by atoms with E-state index in [1.54, 1.807) is 6.92 Å². The van der Waals surface area contributed by atoms with Crippen LogP contribution in [0.5, 0.6) is 5.75 Å².